The molecule has 486 valence electrons. The summed E-state index contributed by atoms with van der Waals surface area (Å²) in [6, 6.07) is -0.540. The zero-order valence-corrected chi connectivity index (χ0v) is 55.8. The third kappa shape index (κ3) is 67.5. The molecule has 6 nitrogen and oxygen atoms in total. The van der Waals surface area contributed by atoms with Crippen LogP contribution in [0.15, 0.2) is 24.3 Å². The van der Waals surface area contributed by atoms with Crippen molar-refractivity contribution < 1.29 is 24.5 Å². The number of ether oxygens (including phenoxy) is 1. The number of aliphatic hydroxyl groups is 2. The summed E-state index contributed by atoms with van der Waals surface area (Å²) in [5.41, 5.74) is 0. The monoisotopic (exact) mass is 1150 g/mol. The highest BCUT2D eigenvalue weighted by atomic mass is 16.5. The molecule has 0 rings (SSSR count). The SMILES string of the molecule is CCCCC/C=C\C/C=C\CCCCCCCCCC(=O)OCCCCCCCCCCCCCCCCCCCCCCCCCCCCCCC(=O)NC(CO)C(O)CCCCCCCCCCCCCCCCCCCCCC. The van der Waals surface area contributed by atoms with E-state index < -0.39 is 12.1 Å². The van der Waals surface area contributed by atoms with Crippen molar-refractivity contribution in [2.75, 3.05) is 13.2 Å². The van der Waals surface area contributed by atoms with Gasteiger partial charge in [0.2, 0.25) is 5.91 Å². The minimum Gasteiger partial charge on any atom is -0.466 e. The summed E-state index contributed by atoms with van der Waals surface area (Å²) in [5.74, 6) is -0.0151. The summed E-state index contributed by atoms with van der Waals surface area (Å²) in [4.78, 5) is 24.7. The van der Waals surface area contributed by atoms with Crippen molar-refractivity contribution in [1.82, 2.24) is 5.32 Å². The molecule has 0 aromatic heterocycles. The van der Waals surface area contributed by atoms with Gasteiger partial charge in [-0.25, -0.2) is 0 Å². The van der Waals surface area contributed by atoms with Crippen molar-refractivity contribution in [2.45, 2.75) is 437 Å². The van der Waals surface area contributed by atoms with E-state index >= 15 is 0 Å². The first kappa shape index (κ1) is 80.3. The summed E-state index contributed by atoms with van der Waals surface area (Å²) in [6.45, 7) is 4.97. The van der Waals surface area contributed by atoms with Crippen LogP contribution < -0.4 is 5.32 Å². The number of carbonyl (C=O) groups is 2. The van der Waals surface area contributed by atoms with Gasteiger partial charge in [0.05, 0.1) is 25.4 Å². The molecule has 0 aliphatic heterocycles. The number of allylic oxidation sites excluding steroid dienone is 4. The Morgan fingerprint density at radius 2 is 0.610 bits per heavy atom. The highest BCUT2D eigenvalue weighted by molar-refractivity contribution is 5.76. The van der Waals surface area contributed by atoms with Gasteiger partial charge in [-0.15, -0.1) is 0 Å². The van der Waals surface area contributed by atoms with Gasteiger partial charge < -0.3 is 20.3 Å². The van der Waals surface area contributed by atoms with Crippen molar-refractivity contribution in [1.29, 1.82) is 0 Å². The second-order valence-corrected chi connectivity index (χ2v) is 26.0. The first-order valence-corrected chi connectivity index (χ1v) is 37.6. The van der Waals surface area contributed by atoms with E-state index in [4.69, 9.17) is 4.74 Å². The number of rotatable bonds is 71. The lowest BCUT2D eigenvalue weighted by Gasteiger charge is -2.22. The van der Waals surface area contributed by atoms with Crippen LogP contribution >= 0.6 is 0 Å². The minimum absolute atomic E-state index is 0.0120. The van der Waals surface area contributed by atoms with Gasteiger partial charge in [-0.05, 0) is 57.8 Å². The van der Waals surface area contributed by atoms with Crippen molar-refractivity contribution in [3.8, 4) is 0 Å². The van der Waals surface area contributed by atoms with Gasteiger partial charge in [0, 0.05) is 12.8 Å². The molecule has 2 atom stereocenters. The van der Waals surface area contributed by atoms with Crippen molar-refractivity contribution in [2.24, 2.45) is 0 Å². The predicted octanol–water partition coefficient (Wildman–Crippen LogP) is 24.5. The molecule has 3 N–H and O–H groups in total. The number of amides is 1. The van der Waals surface area contributed by atoms with E-state index in [1.165, 1.54) is 340 Å². The van der Waals surface area contributed by atoms with Crippen LogP contribution in [-0.4, -0.2) is 47.4 Å². The van der Waals surface area contributed by atoms with E-state index in [2.05, 4.69) is 43.5 Å². The van der Waals surface area contributed by atoms with Gasteiger partial charge in [-0.2, -0.15) is 0 Å². The molecule has 0 saturated heterocycles. The Morgan fingerprint density at radius 3 is 0.951 bits per heavy atom. The summed E-state index contributed by atoms with van der Waals surface area (Å²) >= 11 is 0. The van der Waals surface area contributed by atoms with Crippen LogP contribution in [-0.2, 0) is 14.3 Å². The first-order chi connectivity index (χ1) is 40.5. The summed E-state index contributed by atoms with van der Waals surface area (Å²) in [6.07, 6.45) is 91.0. The Morgan fingerprint density at radius 1 is 0.341 bits per heavy atom. The predicted molar refractivity (Wildman–Crippen MR) is 361 cm³/mol. The second-order valence-electron chi connectivity index (χ2n) is 26.0. The van der Waals surface area contributed by atoms with Gasteiger partial charge in [0.1, 0.15) is 0 Å². The van der Waals surface area contributed by atoms with Gasteiger partial charge in [-0.1, -0.05) is 378 Å². The second kappa shape index (κ2) is 71.8. The fourth-order valence-corrected chi connectivity index (χ4v) is 12.0. The molecule has 6 heteroatoms. The quantitative estimate of drug-likeness (QED) is 0.0320. The lowest BCUT2D eigenvalue weighted by atomic mass is 10.0. The molecule has 1 amide bonds. The standard InChI is InChI=1S/C76H147NO5/c1-3-5-7-9-11-13-15-17-19-21-22-33-37-40-44-48-52-56-60-64-68-74(79)73(72-78)77-75(80)69-65-61-57-53-49-45-41-38-34-31-29-27-25-23-24-26-28-30-32-35-39-43-47-51-55-59-63-67-71-82-76(81)70-66-62-58-54-50-46-42-36-20-18-16-14-12-10-8-6-4-2/h12,14,18,20,73-74,78-79H,3-11,13,15-17,19,21-72H2,1-2H3,(H,77,80)/b14-12-,20-18-. The van der Waals surface area contributed by atoms with E-state index in [1.54, 1.807) is 0 Å². The van der Waals surface area contributed by atoms with Crippen LogP contribution in [0.5, 0.6) is 0 Å². The molecular formula is C76H147NO5. The van der Waals surface area contributed by atoms with Crippen LogP contribution in [0.2, 0.25) is 0 Å². The molecule has 2 unspecified atom stereocenters. The molecule has 0 aromatic carbocycles. The maximum absolute atomic E-state index is 12.6. The molecular weight excluding hydrogens is 1010 g/mol. The van der Waals surface area contributed by atoms with E-state index in [1.807, 2.05) is 0 Å². The van der Waals surface area contributed by atoms with Gasteiger partial charge in [0.15, 0.2) is 0 Å². The number of carbonyl (C=O) groups excluding carboxylic acids is 2. The van der Waals surface area contributed by atoms with E-state index in [9.17, 15) is 19.8 Å². The maximum Gasteiger partial charge on any atom is 0.305 e. The fraction of sp³-hybridized carbons (Fsp3) is 0.921. The zero-order chi connectivity index (χ0) is 59.2. The third-order valence-electron chi connectivity index (χ3n) is 17.8. The Hall–Kier alpha value is -1.66. The Balaban J connectivity index is 3.34. The highest BCUT2D eigenvalue weighted by Gasteiger charge is 2.20. The zero-order valence-electron chi connectivity index (χ0n) is 55.8. The molecule has 82 heavy (non-hydrogen) atoms. The lowest BCUT2D eigenvalue weighted by molar-refractivity contribution is -0.143. The van der Waals surface area contributed by atoms with Gasteiger partial charge in [0.25, 0.3) is 0 Å². The van der Waals surface area contributed by atoms with Crippen molar-refractivity contribution >= 4 is 11.9 Å². The smallest absolute Gasteiger partial charge is 0.305 e. The number of hydrogen-bond acceptors (Lipinski definition) is 5. The Bertz CT molecular complexity index is 1280. The number of hydrogen-bond donors (Lipinski definition) is 3. The molecule has 0 bridgehead atoms. The average Bonchev–Trinajstić information content (AvgIpc) is 3.48. The number of nitrogens with one attached hydrogen (secondary N) is 1. The van der Waals surface area contributed by atoms with Crippen LogP contribution in [0.25, 0.3) is 0 Å². The highest BCUT2D eigenvalue weighted by Crippen LogP contribution is 2.20. The Kier molecular flexibility index (Phi) is 70.4. The summed E-state index contributed by atoms with van der Waals surface area (Å²) in [5, 5.41) is 23.4. The minimum atomic E-state index is -0.663. The van der Waals surface area contributed by atoms with Crippen molar-refractivity contribution in [3.63, 3.8) is 0 Å². The van der Waals surface area contributed by atoms with Gasteiger partial charge in [-0.3, -0.25) is 9.59 Å². The molecule has 0 saturated carbocycles. The molecule has 0 spiro atoms. The van der Waals surface area contributed by atoms with E-state index in [0.717, 1.165) is 51.4 Å². The first-order valence-electron chi connectivity index (χ1n) is 37.6. The maximum atomic E-state index is 12.6. The van der Waals surface area contributed by atoms with Crippen LogP contribution in [0.3, 0.4) is 0 Å². The largest absolute Gasteiger partial charge is 0.466 e. The normalized spacial score (nSPS) is 12.6. The summed E-state index contributed by atoms with van der Waals surface area (Å²) < 4.78 is 5.50. The molecule has 0 aliphatic rings. The molecule has 0 aliphatic carbocycles. The molecule has 0 fully saturated rings. The number of unbranched alkanes of at least 4 members (excludes halogenated alkanes) is 56. The third-order valence-corrected chi connectivity index (χ3v) is 17.8. The lowest BCUT2D eigenvalue weighted by Crippen LogP contribution is -2.45. The van der Waals surface area contributed by atoms with E-state index in [0.29, 0.717) is 25.9 Å². The molecule has 0 aromatic rings. The van der Waals surface area contributed by atoms with Crippen LogP contribution in [0.4, 0.5) is 0 Å². The van der Waals surface area contributed by atoms with Crippen LogP contribution in [0, 0.1) is 0 Å². The summed E-state index contributed by atoms with van der Waals surface area (Å²) in [7, 11) is 0. The number of esters is 1. The topological polar surface area (TPSA) is 95.9 Å². The number of aliphatic hydroxyl groups excluding tert-OH is 2. The van der Waals surface area contributed by atoms with Crippen molar-refractivity contribution in [3.05, 3.63) is 24.3 Å². The fourth-order valence-electron chi connectivity index (χ4n) is 12.0. The van der Waals surface area contributed by atoms with Gasteiger partial charge >= 0.3 is 5.97 Å². The molecule has 0 heterocycles. The van der Waals surface area contributed by atoms with Crippen LogP contribution in [0.1, 0.15) is 425 Å². The Labute approximate surface area is 513 Å². The van der Waals surface area contributed by atoms with E-state index in [-0.39, 0.29) is 18.5 Å². The average molecular weight is 1160 g/mol. The molecule has 0 radical (unpaired) electrons.